The van der Waals surface area contributed by atoms with Gasteiger partial charge in [-0.3, -0.25) is 9.36 Å². The highest BCUT2D eigenvalue weighted by atomic mass is 19.3. The topological polar surface area (TPSA) is 56.1 Å². The summed E-state index contributed by atoms with van der Waals surface area (Å²) in [6.45, 7) is 2.39. The van der Waals surface area contributed by atoms with Crippen LogP contribution in [0.1, 0.15) is 36.7 Å². The summed E-state index contributed by atoms with van der Waals surface area (Å²) in [4.78, 5) is 15.6. The monoisotopic (exact) mass is 261 g/mol. The zero-order valence-corrected chi connectivity index (χ0v) is 10.8. The van der Waals surface area contributed by atoms with Crippen LogP contribution in [0.4, 0.5) is 8.78 Å². The summed E-state index contributed by atoms with van der Waals surface area (Å²) < 4.78 is 31.1. The van der Waals surface area contributed by atoms with Gasteiger partial charge in [0.2, 0.25) is 0 Å². The summed E-state index contributed by atoms with van der Waals surface area (Å²) in [5, 5.41) is 2.62. The third-order valence-electron chi connectivity index (χ3n) is 2.37. The average Bonchev–Trinajstić information content (AvgIpc) is 2.59. The lowest BCUT2D eigenvalue weighted by Gasteiger charge is -2.25. The molecule has 0 bridgehead atoms. The maximum Gasteiger partial charge on any atom is 0.320 e. The summed E-state index contributed by atoms with van der Waals surface area (Å²) in [6, 6.07) is 0. The molecule has 0 saturated carbocycles. The zero-order valence-electron chi connectivity index (χ0n) is 10.8. The molecule has 1 heterocycles. The highest BCUT2D eigenvalue weighted by molar-refractivity contribution is 5.93. The number of carbonyl (C=O) groups excluding carboxylic acids is 1. The number of methoxy groups -OCH3 is 1. The summed E-state index contributed by atoms with van der Waals surface area (Å²) in [5.41, 5.74) is -0.802. The van der Waals surface area contributed by atoms with Crippen LogP contribution in [0.2, 0.25) is 0 Å². The second kappa shape index (κ2) is 5.43. The Bertz CT molecular complexity index is 430. The SMILES string of the molecule is COCC(C)(C)NC(=O)c1cnc(C)n1C(F)F. The lowest BCUT2D eigenvalue weighted by atomic mass is 10.1. The van der Waals surface area contributed by atoms with E-state index in [1.54, 1.807) is 13.8 Å². The highest BCUT2D eigenvalue weighted by Gasteiger charge is 2.25. The van der Waals surface area contributed by atoms with Crippen molar-refractivity contribution in [1.29, 1.82) is 0 Å². The fraction of sp³-hybridized carbons (Fsp3) is 0.636. The van der Waals surface area contributed by atoms with Crippen molar-refractivity contribution in [3.8, 4) is 0 Å². The Kier molecular flexibility index (Phi) is 4.39. The number of aryl methyl sites for hydroxylation is 1. The molecule has 1 rings (SSSR count). The van der Waals surface area contributed by atoms with Gasteiger partial charge < -0.3 is 10.1 Å². The molecule has 0 aromatic carbocycles. The van der Waals surface area contributed by atoms with E-state index < -0.39 is 18.0 Å². The molecule has 0 fully saturated rings. The van der Waals surface area contributed by atoms with Crippen molar-refractivity contribution in [1.82, 2.24) is 14.9 Å². The third kappa shape index (κ3) is 3.25. The highest BCUT2D eigenvalue weighted by Crippen LogP contribution is 2.17. The minimum atomic E-state index is -2.79. The summed E-state index contributed by atoms with van der Waals surface area (Å²) in [6.07, 6.45) is 1.14. The predicted octanol–water partition coefficient (Wildman–Crippen LogP) is 1.74. The fourth-order valence-corrected chi connectivity index (χ4v) is 1.64. The molecule has 1 aromatic heterocycles. The summed E-state index contributed by atoms with van der Waals surface area (Å²) in [7, 11) is 1.50. The maximum atomic E-state index is 12.8. The first-order valence-corrected chi connectivity index (χ1v) is 5.42. The van der Waals surface area contributed by atoms with Crippen molar-refractivity contribution in [2.75, 3.05) is 13.7 Å². The fourth-order valence-electron chi connectivity index (χ4n) is 1.64. The Morgan fingerprint density at radius 2 is 2.22 bits per heavy atom. The first-order valence-electron chi connectivity index (χ1n) is 5.42. The van der Waals surface area contributed by atoms with Gasteiger partial charge in [0, 0.05) is 7.11 Å². The summed E-state index contributed by atoms with van der Waals surface area (Å²) >= 11 is 0. The largest absolute Gasteiger partial charge is 0.382 e. The third-order valence-corrected chi connectivity index (χ3v) is 2.37. The van der Waals surface area contributed by atoms with Crippen molar-refractivity contribution < 1.29 is 18.3 Å². The molecule has 0 aliphatic heterocycles. The van der Waals surface area contributed by atoms with Gasteiger partial charge in [0.05, 0.1) is 18.3 Å². The smallest absolute Gasteiger partial charge is 0.320 e. The minimum absolute atomic E-state index is 0.0969. The number of halogens is 2. The van der Waals surface area contributed by atoms with Gasteiger partial charge in [-0.05, 0) is 20.8 Å². The van der Waals surface area contributed by atoms with Crippen LogP contribution >= 0.6 is 0 Å². The Balaban J connectivity index is 2.92. The molecule has 0 spiro atoms. The van der Waals surface area contributed by atoms with Gasteiger partial charge in [-0.1, -0.05) is 0 Å². The number of carbonyl (C=O) groups is 1. The Labute approximate surface area is 104 Å². The zero-order chi connectivity index (χ0) is 13.9. The molecule has 102 valence electrons. The van der Waals surface area contributed by atoms with Gasteiger partial charge in [0.25, 0.3) is 5.91 Å². The van der Waals surface area contributed by atoms with Crippen molar-refractivity contribution >= 4 is 5.91 Å². The van der Waals surface area contributed by atoms with E-state index in [9.17, 15) is 13.6 Å². The van der Waals surface area contributed by atoms with E-state index >= 15 is 0 Å². The van der Waals surface area contributed by atoms with Crippen molar-refractivity contribution in [2.24, 2.45) is 0 Å². The number of hydrogen-bond acceptors (Lipinski definition) is 3. The van der Waals surface area contributed by atoms with E-state index in [1.807, 2.05) is 0 Å². The van der Waals surface area contributed by atoms with Crippen LogP contribution in [-0.4, -0.2) is 34.7 Å². The van der Waals surface area contributed by atoms with E-state index in [4.69, 9.17) is 4.74 Å². The molecular weight excluding hydrogens is 244 g/mol. The molecule has 18 heavy (non-hydrogen) atoms. The Morgan fingerprint density at radius 1 is 1.61 bits per heavy atom. The molecule has 0 radical (unpaired) electrons. The van der Waals surface area contributed by atoms with Gasteiger partial charge >= 0.3 is 6.55 Å². The van der Waals surface area contributed by atoms with Gasteiger partial charge in [-0.25, -0.2) is 4.98 Å². The number of nitrogens with one attached hydrogen (secondary N) is 1. The Morgan fingerprint density at radius 3 is 2.72 bits per heavy atom. The van der Waals surface area contributed by atoms with E-state index in [1.165, 1.54) is 14.0 Å². The number of ether oxygens (including phenoxy) is 1. The lowest BCUT2D eigenvalue weighted by molar-refractivity contribution is 0.0585. The number of rotatable bonds is 5. The van der Waals surface area contributed by atoms with Crippen molar-refractivity contribution in [3.63, 3.8) is 0 Å². The quantitative estimate of drug-likeness (QED) is 0.878. The van der Waals surface area contributed by atoms with Gasteiger partial charge in [-0.15, -0.1) is 0 Å². The molecule has 1 amide bonds. The second-order valence-electron chi connectivity index (χ2n) is 4.61. The van der Waals surface area contributed by atoms with Crippen LogP contribution in [0.3, 0.4) is 0 Å². The van der Waals surface area contributed by atoms with Gasteiger partial charge in [-0.2, -0.15) is 8.78 Å². The molecule has 7 heteroatoms. The molecular formula is C11H17F2N3O2. The number of alkyl halides is 2. The normalized spacial score (nSPS) is 11.9. The molecule has 0 aliphatic carbocycles. The van der Waals surface area contributed by atoms with E-state index in [0.717, 1.165) is 6.20 Å². The molecule has 0 aliphatic rings. The van der Waals surface area contributed by atoms with Crippen LogP contribution in [0.25, 0.3) is 0 Å². The molecule has 5 nitrogen and oxygen atoms in total. The number of amides is 1. The van der Waals surface area contributed by atoms with Gasteiger partial charge in [0.15, 0.2) is 0 Å². The average molecular weight is 261 g/mol. The summed E-state index contributed by atoms with van der Waals surface area (Å²) in [5.74, 6) is -0.502. The minimum Gasteiger partial charge on any atom is -0.382 e. The number of hydrogen-bond donors (Lipinski definition) is 1. The Hall–Kier alpha value is -1.50. The maximum absolute atomic E-state index is 12.8. The second-order valence-corrected chi connectivity index (χ2v) is 4.61. The van der Waals surface area contributed by atoms with Crippen LogP contribution in [0.15, 0.2) is 6.20 Å². The molecule has 1 aromatic rings. The van der Waals surface area contributed by atoms with E-state index in [2.05, 4.69) is 10.3 Å². The van der Waals surface area contributed by atoms with Crippen LogP contribution in [0.5, 0.6) is 0 Å². The van der Waals surface area contributed by atoms with Crippen LogP contribution in [-0.2, 0) is 4.74 Å². The van der Waals surface area contributed by atoms with Crippen LogP contribution < -0.4 is 5.32 Å². The van der Waals surface area contributed by atoms with E-state index in [-0.39, 0.29) is 18.1 Å². The standard InChI is InChI=1S/C11H17F2N3O2/c1-7-14-5-8(16(7)10(12)13)9(17)15-11(2,3)6-18-4/h5,10H,6H2,1-4H3,(H,15,17). The van der Waals surface area contributed by atoms with Gasteiger partial charge in [0.1, 0.15) is 11.5 Å². The van der Waals surface area contributed by atoms with Crippen LogP contribution in [0, 0.1) is 6.92 Å². The lowest BCUT2D eigenvalue weighted by Crippen LogP contribution is -2.47. The van der Waals surface area contributed by atoms with Crippen molar-refractivity contribution in [3.05, 3.63) is 17.7 Å². The van der Waals surface area contributed by atoms with E-state index in [0.29, 0.717) is 4.57 Å². The van der Waals surface area contributed by atoms with Crippen molar-refractivity contribution in [2.45, 2.75) is 32.9 Å². The molecule has 0 saturated heterocycles. The molecule has 0 unspecified atom stereocenters. The first-order chi connectivity index (χ1) is 8.28. The number of aromatic nitrogens is 2. The first kappa shape index (κ1) is 14.6. The predicted molar refractivity (Wildman–Crippen MR) is 61.6 cm³/mol. The number of imidazole rings is 1. The molecule has 0 atom stereocenters. The molecule has 1 N–H and O–H groups in total. The number of nitrogens with zero attached hydrogens (tertiary/aromatic N) is 2.